The van der Waals surface area contributed by atoms with Gasteiger partial charge in [0.05, 0.1) is 0 Å². The highest BCUT2D eigenvalue weighted by Gasteiger charge is 2.19. The summed E-state index contributed by atoms with van der Waals surface area (Å²) in [4.78, 5) is 37.7. The van der Waals surface area contributed by atoms with Gasteiger partial charge in [-0.1, -0.05) is 176 Å². The minimum atomic E-state index is -0.810. The van der Waals surface area contributed by atoms with Gasteiger partial charge in [-0.2, -0.15) is 0 Å². The van der Waals surface area contributed by atoms with Crippen molar-refractivity contribution in [3.8, 4) is 0 Å². The highest BCUT2D eigenvalue weighted by molar-refractivity contribution is 5.71. The minimum Gasteiger partial charge on any atom is -0.462 e. The van der Waals surface area contributed by atoms with Gasteiger partial charge in [0, 0.05) is 19.3 Å². The third kappa shape index (κ3) is 45.3. The zero-order valence-electron chi connectivity index (χ0n) is 38.0. The molecule has 6 nitrogen and oxygen atoms in total. The molecule has 0 saturated carbocycles. The standard InChI is InChI=1S/C53H86O6/c1-4-7-10-13-16-19-21-23-25-26-27-28-30-31-34-37-40-43-46-52(55)58-49-50(48-57-51(54)45-42-39-36-33-18-15-12-9-6-3)59-53(56)47-44-41-38-35-32-29-24-22-20-17-14-11-8-5-2/h8-9,11-12,17-18,20-21,23-29,33,50H,4-7,10,13-16,19,22,30-32,34-49H2,1-3H3/b11-8-,12-9-,20-17-,23-21-,26-25-,28-27-,29-24-,33-18-. The van der Waals surface area contributed by atoms with Crippen LogP contribution in [0.25, 0.3) is 0 Å². The molecule has 0 bridgehead atoms. The number of esters is 3. The number of hydrogen-bond donors (Lipinski definition) is 0. The van der Waals surface area contributed by atoms with Crippen LogP contribution in [0.5, 0.6) is 0 Å². The van der Waals surface area contributed by atoms with Crippen molar-refractivity contribution < 1.29 is 28.6 Å². The summed E-state index contributed by atoms with van der Waals surface area (Å²) in [5.41, 5.74) is 0. The van der Waals surface area contributed by atoms with Crippen LogP contribution in [0.3, 0.4) is 0 Å². The molecule has 6 heteroatoms. The first-order valence-electron chi connectivity index (χ1n) is 23.8. The summed E-state index contributed by atoms with van der Waals surface area (Å²) in [6.07, 6.45) is 61.1. The SMILES string of the molecule is CC/C=C\C/C=C\C/C=C\CCCCCCC(=O)OC(COC(=O)CCCC/C=C\C/C=C\CC)COC(=O)CCCCCCC\C=C/C=C\C=C/CCCCCCC. The molecular formula is C53H86O6. The van der Waals surface area contributed by atoms with E-state index in [0.29, 0.717) is 12.8 Å². The van der Waals surface area contributed by atoms with E-state index in [0.717, 1.165) is 128 Å². The van der Waals surface area contributed by atoms with Crippen molar-refractivity contribution in [2.75, 3.05) is 13.2 Å². The lowest BCUT2D eigenvalue weighted by atomic mass is 10.1. The molecule has 1 unspecified atom stereocenters. The van der Waals surface area contributed by atoms with E-state index in [1.54, 1.807) is 0 Å². The summed E-state index contributed by atoms with van der Waals surface area (Å²) in [6, 6.07) is 0. The monoisotopic (exact) mass is 819 g/mol. The first-order chi connectivity index (χ1) is 29.0. The average Bonchev–Trinajstić information content (AvgIpc) is 3.23. The number of carbonyl (C=O) groups is 3. The van der Waals surface area contributed by atoms with E-state index in [2.05, 4.69) is 118 Å². The molecule has 0 fully saturated rings. The van der Waals surface area contributed by atoms with Crippen LogP contribution in [0, 0.1) is 0 Å². The predicted molar refractivity (Wildman–Crippen MR) is 251 cm³/mol. The molecule has 0 aliphatic heterocycles. The van der Waals surface area contributed by atoms with Gasteiger partial charge >= 0.3 is 17.9 Å². The van der Waals surface area contributed by atoms with Gasteiger partial charge in [-0.25, -0.2) is 0 Å². The van der Waals surface area contributed by atoms with E-state index in [-0.39, 0.29) is 37.5 Å². The molecule has 0 rings (SSSR count). The molecule has 1 atom stereocenters. The zero-order valence-corrected chi connectivity index (χ0v) is 38.0. The van der Waals surface area contributed by atoms with E-state index in [9.17, 15) is 14.4 Å². The highest BCUT2D eigenvalue weighted by atomic mass is 16.6. The maximum absolute atomic E-state index is 12.7. The summed E-state index contributed by atoms with van der Waals surface area (Å²) < 4.78 is 16.6. The molecule has 0 aromatic heterocycles. The number of carbonyl (C=O) groups excluding carboxylic acids is 3. The Morgan fingerprint density at radius 2 is 0.729 bits per heavy atom. The summed E-state index contributed by atoms with van der Waals surface area (Å²) in [7, 11) is 0. The molecule has 0 aliphatic carbocycles. The van der Waals surface area contributed by atoms with Gasteiger partial charge in [0.15, 0.2) is 6.10 Å². The largest absolute Gasteiger partial charge is 0.462 e. The van der Waals surface area contributed by atoms with E-state index < -0.39 is 6.10 Å². The maximum atomic E-state index is 12.7. The van der Waals surface area contributed by atoms with Crippen molar-refractivity contribution in [3.05, 3.63) is 97.2 Å². The molecule has 0 aliphatic rings. The fraction of sp³-hybridized carbons (Fsp3) is 0.642. The fourth-order valence-corrected chi connectivity index (χ4v) is 6.08. The van der Waals surface area contributed by atoms with Crippen molar-refractivity contribution in [2.45, 2.75) is 207 Å². The van der Waals surface area contributed by atoms with Crippen molar-refractivity contribution in [3.63, 3.8) is 0 Å². The number of rotatable bonds is 41. The van der Waals surface area contributed by atoms with Crippen molar-refractivity contribution in [2.24, 2.45) is 0 Å². The van der Waals surface area contributed by atoms with Crippen LogP contribution in [-0.2, 0) is 28.6 Å². The second kappa shape index (κ2) is 47.0. The van der Waals surface area contributed by atoms with Gasteiger partial charge in [-0.05, 0) is 103 Å². The normalized spacial score (nSPS) is 12.9. The third-order valence-corrected chi connectivity index (χ3v) is 9.61. The Morgan fingerprint density at radius 1 is 0.373 bits per heavy atom. The van der Waals surface area contributed by atoms with Gasteiger partial charge in [-0.15, -0.1) is 0 Å². The lowest BCUT2D eigenvalue weighted by Crippen LogP contribution is -2.30. The zero-order chi connectivity index (χ0) is 43.0. The molecular weight excluding hydrogens is 733 g/mol. The van der Waals surface area contributed by atoms with Gasteiger partial charge in [-0.3, -0.25) is 14.4 Å². The Balaban J connectivity index is 4.45. The predicted octanol–water partition coefficient (Wildman–Crippen LogP) is 15.4. The van der Waals surface area contributed by atoms with Crippen LogP contribution < -0.4 is 0 Å². The smallest absolute Gasteiger partial charge is 0.306 e. The van der Waals surface area contributed by atoms with E-state index in [1.165, 1.54) is 32.1 Å². The Kier molecular flexibility index (Phi) is 44.1. The summed E-state index contributed by atoms with van der Waals surface area (Å²) in [6.45, 7) is 6.29. The second-order valence-electron chi connectivity index (χ2n) is 15.3. The van der Waals surface area contributed by atoms with E-state index in [4.69, 9.17) is 14.2 Å². The maximum Gasteiger partial charge on any atom is 0.306 e. The Hall–Kier alpha value is -3.67. The van der Waals surface area contributed by atoms with Crippen LogP contribution in [0.2, 0.25) is 0 Å². The molecule has 334 valence electrons. The molecule has 0 aromatic rings. The van der Waals surface area contributed by atoms with Crippen molar-refractivity contribution >= 4 is 17.9 Å². The average molecular weight is 819 g/mol. The van der Waals surface area contributed by atoms with Crippen LogP contribution in [0.15, 0.2) is 97.2 Å². The molecule has 0 saturated heterocycles. The van der Waals surface area contributed by atoms with Gasteiger partial charge in [0.1, 0.15) is 13.2 Å². The molecule has 0 amide bonds. The molecule has 59 heavy (non-hydrogen) atoms. The summed E-state index contributed by atoms with van der Waals surface area (Å²) in [5, 5.41) is 0. The molecule has 0 N–H and O–H groups in total. The first kappa shape index (κ1) is 55.3. The molecule has 0 aromatic carbocycles. The highest BCUT2D eigenvalue weighted by Crippen LogP contribution is 2.12. The number of ether oxygens (including phenoxy) is 3. The number of unbranched alkanes of at least 4 members (excludes halogenated alkanes) is 16. The Labute approximate surface area is 362 Å². The summed E-state index contributed by atoms with van der Waals surface area (Å²) >= 11 is 0. The van der Waals surface area contributed by atoms with E-state index >= 15 is 0 Å². The Bertz CT molecular complexity index is 1220. The number of allylic oxidation sites excluding steroid dienone is 16. The van der Waals surface area contributed by atoms with Crippen molar-refractivity contribution in [1.82, 2.24) is 0 Å². The minimum absolute atomic E-state index is 0.109. The van der Waals surface area contributed by atoms with Gasteiger partial charge in [0.25, 0.3) is 0 Å². The fourth-order valence-electron chi connectivity index (χ4n) is 6.08. The lowest BCUT2D eigenvalue weighted by Gasteiger charge is -2.18. The van der Waals surface area contributed by atoms with Gasteiger partial charge < -0.3 is 14.2 Å². The molecule has 0 heterocycles. The van der Waals surface area contributed by atoms with Crippen molar-refractivity contribution in [1.29, 1.82) is 0 Å². The van der Waals surface area contributed by atoms with E-state index in [1.807, 2.05) is 0 Å². The lowest BCUT2D eigenvalue weighted by molar-refractivity contribution is -0.167. The van der Waals surface area contributed by atoms with Gasteiger partial charge in [0.2, 0.25) is 0 Å². The topological polar surface area (TPSA) is 78.9 Å². The molecule has 0 radical (unpaired) electrons. The van der Waals surface area contributed by atoms with Crippen LogP contribution in [0.4, 0.5) is 0 Å². The molecule has 0 spiro atoms. The summed E-state index contributed by atoms with van der Waals surface area (Å²) in [5.74, 6) is -0.997. The second-order valence-corrected chi connectivity index (χ2v) is 15.3. The Morgan fingerprint density at radius 3 is 1.20 bits per heavy atom. The van der Waals surface area contributed by atoms with Crippen LogP contribution >= 0.6 is 0 Å². The van der Waals surface area contributed by atoms with Crippen LogP contribution in [0.1, 0.15) is 201 Å². The number of hydrogen-bond acceptors (Lipinski definition) is 6. The first-order valence-corrected chi connectivity index (χ1v) is 23.8. The quantitative estimate of drug-likeness (QED) is 0.0201. The third-order valence-electron chi connectivity index (χ3n) is 9.61. The van der Waals surface area contributed by atoms with Crippen LogP contribution in [-0.4, -0.2) is 37.2 Å².